The molecule has 0 spiro atoms. The van der Waals surface area contributed by atoms with E-state index in [0.29, 0.717) is 12.7 Å². The van der Waals surface area contributed by atoms with Gasteiger partial charge in [-0.25, -0.2) is 0 Å². The monoisotopic (exact) mass is 350 g/mol. The number of ether oxygens (including phenoxy) is 2. The minimum Gasteiger partial charge on any atom is -0.489 e. The number of benzene rings is 2. The zero-order valence-corrected chi connectivity index (χ0v) is 16.3. The average Bonchev–Trinajstić information content (AvgIpc) is 2.68. The molecule has 2 heteroatoms. The first-order valence-electron chi connectivity index (χ1n) is 9.72. The molecular formula is C24H30O2. The molecular weight excluding hydrogens is 320 g/mol. The number of methoxy groups -OCH3 is 1. The van der Waals surface area contributed by atoms with Crippen LogP contribution in [0.5, 0.6) is 5.75 Å². The highest BCUT2D eigenvalue weighted by atomic mass is 16.5. The number of rotatable bonds is 7. The first-order valence-corrected chi connectivity index (χ1v) is 9.72. The Morgan fingerprint density at radius 1 is 1.00 bits per heavy atom. The van der Waals surface area contributed by atoms with Crippen LogP contribution < -0.4 is 4.74 Å². The summed E-state index contributed by atoms with van der Waals surface area (Å²) in [6, 6.07) is 17.4. The highest BCUT2D eigenvalue weighted by molar-refractivity contribution is 5.70. The first-order chi connectivity index (χ1) is 12.7. The van der Waals surface area contributed by atoms with Crippen LogP contribution in [0.15, 0.2) is 54.1 Å². The Hall–Kier alpha value is -2.06. The van der Waals surface area contributed by atoms with Gasteiger partial charge in [0.25, 0.3) is 0 Å². The Morgan fingerprint density at radius 3 is 2.38 bits per heavy atom. The molecule has 26 heavy (non-hydrogen) atoms. The Morgan fingerprint density at radius 2 is 1.73 bits per heavy atom. The molecule has 0 saturated heterocycles. The van der Waals surface area contributed by atoms with Crippen molar-refractivity contribution in [2.75, 3.05) is 13.7 Å². The van der Waals surface area contributed by atoms with Gasteiger partial charge in [0, 0.05) is 7.11 Å². The Balaban J connectivity index is 1.76. The normalized spacial score (nSPS) is 17.4. The lowest BCUT2D eigenvalue weighted by Gasteiger charge is -2.27. The van der Waals surface area contributed by atoms with E-state index < -0.39 is 0 Å². The molecule has 0 saturated carbocycles. The highest BCUT2D eigenvalue weighted by Gasteiger charge is 2.22. The summed E-state index contributed by atoms with van der Waals surface area (Å²) in [6.45, 7) is 4.97. The van der Waals surface area contributed by atoms with Gasteiger partial charge in [-0.15, -0.1) is 0 Å². The van der Waals surface area contributed by atoms with E-state index >= 15 is 0 Å². The SMILES string of the molecule is CCCc1ccc(OCC2=C(c3ccc(C)cc3)CCC(OC)C2)cc1. The first kappa shape index (κ1) is 18.7. The van der Waals surface area contributed by atoms with Crippen LogP contribution in [0.4, 0.5) is 0 Å². The minimum atomic E-state index is 0.301. The van der Waals surface area contributed by atoms with Crippen molar-refractivity contribution in [1.82, 2.24) is 0 Å². The summed E-state index contributed by atoms with van der Waals surface area (Å²) < 4.78 is 11.8. The van der Waals surface area contributed by atoms with Crippen LogP contribution >= 0.6 is 0 Å². The largest absolute Gasteiger partial charge is 0.489 e. The standard InChI is InChI=1S/C24H30O2/c1-4-5-19-8-12-22(13-9-19)26-17-21-16-23(25-3)14-15-24(21)20-10-6-18(2)7-11-20/h6-13,23H,4-5,14-17H2,1-3H3. The second-order valence-corrected chi connectivity index (χ2v) is 7.23. The van der Waals surface area contributed by atoms with Gasteiger partial charge < -0.3 is 9.47 Å². The minimum absolute atomic E-state index is 0.301. The van der Waals surface area contributed by atoms with Crippen molar-refractivity contribution in [2.45, 2.75) is 52.1 Å². The Kier molecular flexibility index (Phi) is 6.51. The predicted octanol–water partition coefficient (Wildman–Crippen LogP) is 5.98. The lowest BCUT2D eigenvalue weighted by Crippen LogP contribution is -2.20. The molecule has 1 atom stereocenters. The molecule has 0 heterocycles. The van der Waals surface area contributed by atoms with E-state index in [2.05, 4.69) is 62.4 Å². The van der Waals surface area contributed by atoms with E-state index in [1.165, 1.54) is 34.3 Å². The summed E-state index contributed by atoms with van der Waals surface area (Å²) in [4.78, 5) is 0. The summed E-state index contributed by atoms with van der Waals surface area (Å²) in [7, 11) is 1.81. The quantitative estimate of drug-likeness (QED) is 0.611. The lowest BCUT2D eigenvalue weighted by atomic mass is 9.86. The molecule has 0 aliphatic heterocycles. The van der Waals surface area contributed by atoms with E-state index in [4.69, 9.17) is 9.47 Å². The van der Waals surface area contributed by atoms with Gasteiger partial charge in [0.15, 0.2) is 0 Å². The zero-order chi connectivity index (χ0) is 18.4. The van der Waals surface area contributed by atoms with E-state index in [1.54, 1.807) is 0 Å². The third-order valence-corrected chi connectivity index (χ3v) is 5.23. The fourth-order valence-electron chi connectivity index (χ4n) is 3.64. The Labute approximate surface area is 157 Å². The number of aryl methyl sites for hydroxylation is 2. The molecule has 0 bridgehead atoms. The van der Waals surface area contributed by atoms with Crippen LogP contribution in [0.2, 0.25) is 0 Å². The molecule has 1 unspecified atom stereocenters. The fourth-order valence-corrected chi connectivity index (χ4v) is 3.64. The van der Waals surface area contributed by atoms with E-state index in [9.17, 15) is 0 Å². The molecule has 1 aliphatic rings. The maximum atomic E-state index is 6.13. The van der Waals surface area contributed by atoms with Crippen LogP contribution in [0.3, 0.4) is 0 Å². The van der Waals surface area contributed by atoms with Crippen LogP contribution in [0.1, 0.15) is 49.3 Å². The molecule has 0 aromatic heterocycles. The van der Waals surface area contributed by atoms with Crippen molar-refractivity contribution in [1.29, 1.82) is 0 Å². The third-order valence-electron chi connectivity index (χ3n) is 5.23. The second-order valence-electron chi connectivity index (χ2n) is 7.23. The van der Waals surface area contributed by atoms with Crippen LogP contribution in [0.25, 0.3) is 5.57 Å². The van der Waals surface area contributed by atoms with Crippen molar-refractivity contribution in [3.05, 3.63) is 70.8 Å². The van der Waals surface area contributed by atoms with Crippen LogP contribution in [-0.2, 0) is 11.2 Å². The van der Waals surface area contributed by atoms with Crippen molar-refractivity contribution in [3.63, 3.8) is 0 Å². The smallest absolute Gasteiger partial charge is 0.119 e. The lowest BCUT2D eigenvalue weighted by molar-refractivity contribution is 0.0911. The second kappa shape index (κ2) is 9.05. The number of allylic oxidation sites excluding steroid dienone is 1. The van der Waals surface area contributed by atoms with Gasteiger partial charge in [0.2, 0.25) is 0 Å². The third kappa shape index (κ3) is 4.76. The van der Waals surface area contributed by atoms with Crippen molar-refractivity contribution < 1.29 is 9.47 Å². The molecule has 0 fully saturated rings. The van der Waals surface area contributed by atoms with Crippen molar-refractivity contribution >= 4 is 5.57 Å². The highest BCUT2D eigenvalue weighted by Crippen LogP contribution is 2.34. The van der Waals surface area contributed by atoms with Crippen molar-refractivity contribution in [2.24, 2.45) is 0 Å². The summed E-state index contributed by atoms with van der Waals surface area (Å²) in [5.74, 6) is 0.945. The zero-order valence-electron chi connectivity index (χ0n) is 16.3. The summed E-state index contributed by atoms with van der Waals surface area (Å²) >= 11 is 0. The molecule has 2 aromatic carbocycles. The van der Waals surface area contributed by atoms with Gasteiger partial charge in [-0.3, -0.25) is 0 Å². The number of hydrogen-bond donors (Lipinski definition) is 0. The molecule has 1 aliphatic carbocycles. The fraction of sp³-hybridized carbons (Fsp3) is 0.417. The molecule has 138 valence electrons. The molecule has 2 aromatic rings. The van der Waals surface area contributed by atoms with Gasteiger partial charge >= 0.3 is 0 Å². The van der Waals surface area contributed by atoms with E-state index in [-0.39, 0.29) is 0 Å². The molecule has 0 radical (unpaired) electrons. The van der Waals surface area contributed by atoms with Crippen LogP contribution in [0, 0.1) is 6.92 Å². The molecule has 2 nitrogen and oxygen atoms in total. The van der Waals surface area contributed by atoms with Crippen molar-refractivity contribution in [3.8, 4) is 5.75 Å². The number of hydrogen-bond acceptors (Lipinski definition) is 2. The molecule has 0 N–H and O–H groups in total. The van der Waals surface area contributed by atoms with Gasteiger partial charge in [-0.05, 0) is 67.0 Å². The maximum absolute atomic E-state index is 6.13. The molecule has 3 rings (SSSR count). The summed E-state index contributed by atoms with van der Waals surface area (Å²) in [6.07, 6.45) is 5.68. The average molecular weight is 351 g/mol. The van der Waals surface area contributed by atoms with Gasteiger partial charge in [0.05, 0.1) is 6.10 Å². The summed E-state index contributed by atoms with van der Waals surface area (Å²) in [5.41, 5.74) is 6.79. The van der Waals surface area contributed by atoms with Gasteiger partial charge in [-0.2, -0.15) is 0 Å². The topological polar surface area (TPSA) is 18.5 Å². The summed E-state index contributed by atoms with van der Waals surface area (Å²) in [5, 5.41) is 0. The Bertz CT molecular complexity index is 726. The van der Waals surface area contributed by atoms with Gasteiger partial charge in [-0.1, -0.05) is 55.3 Å². The van der Waals surface area contributed by atoms with Gasteiger partial charge in [0.1, 0.15) is 12.4 Å². The van der Waals surface area contributed by atoms with E-state index in [0.717, 1.165) is 31.4 Å². The van der Waals surface area contributed by atoms with Crippen LogP contribution in [-0.4, -0.2) is 19.8 Å². The van der Waals surface area contributed by atoms with E-state index in [1.807, 2.05) is 7.11 Å². The molecule has 0 amide bonds. The predicted molar refractivity (Wildman–Crippen MR) is 109 cm³/mol. The maximum Gasteiger partial charge on any atom is 0.119 e.